The summed E-state index contributed by atoms with van der Waals surface area (Å²) >= 11 is 2.89. The van der Waals surface area contributed by atoms with Gasteiger partial charge in [-0.25, -0.2) is 0 Å². The van der Waals surface area contributed by atoms with Gasteiger partial charge in [0.1, 0.15) is 10.0 Å². The molecule has 4 amide bonds. The SMILES string of the molecule is NC(=O)c1c(NC(=O)CCCCC(=O)Nc2sc3c(c2C(N)=O)CCCC3)sc2c1CCCC2. The van der Waals surface area contributed by atoms with Crippen LogP contribution < -0.4 is 22.1 Å². The van der Waals surface area contributed by atoms with Gasteiger partial charge in [0, 0.05) is 22.6 Å². The predicted octanol–water partition coefficient (Wildman–Crippen LogP) is 3.90. The van der Waals surface area contributed by atoms with Gasteiger partial charge in [-0.05, 0) is 75.3 Å². The van der Waals surface area contributed by atoms with Crippen molar-refractivity contribution in [2.75, 3.05) is 10.6 Å². The molecule has 182 valence electrons. The molecule has 2 aromatic heterocycles. The molecular weight excluding hydrogens is 472 g/mol. The van der Waals surface area contributed by atoms with Crippen molar-refractivity contribution in [3.63, 3.8) is 0 Å². The molecule has 2 aliphatic rings. The number of nitrogens with one attached hydrogen (secondary N) is 2. The number of primary amides is 2. The van der Waals surface area contributed by atoms with Gasteiger partial charge in [-0.15, -0.1) is 22.7 Å². The standard InChI is InChI=1S/C24H30N4O4S2/c25-21(31)19-13-7-1-3-9-15(13)33-23(19)27-17(29)11-5-6-12-18(30)28-24-20(22(26)32)14-8-2-4-10-16(14)34-24/h1-12H2,(H2,25,31)(H2,26,32)(H,27,29)(H,28,30). The lowest BCUT2D eigenvalue weighted by atomic mass is 9.95. The van der Waals surface area contributed by atoms with Gasteiger partial charge in [0.05, 0.1) is 11.1 Å². The maximum Gasteiger partial charge on any atom is 0.251 e. The van der Waals surface area contributed by atoms with Crippen LogP contribution in [0.4, 0.5) is 10.0 Å². The third-order valence-corrected chi connectivity index (χ3v) is 8.81. The number of aryl methyl sites for hydroxylation is 2. The molecule has 0 fully saturated rings. The van der Waals surface area contributed by atoms with E-state index in [9.17, 15) is 19.2 Å². The maximum absolute atomic E-state index is 12.5. The zero-order valence-corrected chi connectivity index (χ0v) is 20.7. The Kier molecular flexibility index (Phi) is 7.67. The fourth-order valence-electron chi connectivity index (χ4n) is 4.78. The average molecular weight is 503 g/mol. The van der Waals surface area contributed by atoms with Crippen LogP contribution in [0.3, 0.4) is 0 Å². The van der Waals surface area contributed by atoms with Crippen molar-refractivity contribution in [2.45, 2.75) is 77.0 Å². The maximum atomic E-state index is 12.5. The van der Waals surface area contributed by atoms with E-state index in [1.54, 1.807) is 0 Å². The van der Waals surface area contributed by atoms with Gasteiger partial charge >= 0.3 is 0 Å². The molecule has 0 aliphatic heterocycles. The Morgan fingerprint density at radius 1 is 0.647 bits per heavy atom. The van der Waals surface area contributed by atoms with Crippen LogP contribution in [-0.4, -0.2) is 23.6 Å². The van der Waals surface area contributed by atoms with Gasteiger partial charge in [-0.3, -0.25) is 19.2 Å². The highest BCUT2D eigenvalue weighted by molar-refractivity contribution is 7.17. The molecule has 0 spiro atoms. The number of anilines is 2. The van der Waals surface area contributed by atoms with Crippen molar-refractivity contribution >= 4 is 56.3 Å². The third-order valence-electron chi connectivity index (χ3n) is 6.40. The lowest BCUT2D eigenvalue weighted by Crippen LogP contribution is -2.19. The third kappa shape index (κ3) is 5.33. The molecule has 0 bridgehead atoms. The Morgan fingerprint density at radius 3 is 1.41 bits per heavy atom. The van der Waals surface area contributed by atoms with Crippen LogP contribution in [0, 0.1) is 0 Å². The second-order valence-electron chi connectivity index (χ2n) is 8.86. The Balaban J connectivity index is 1.27. The van der Waals surface area contributed by atoms with Crippen LogP contribution in [0.25, 0.3) is 0 Å². The summed E-state index contributed by atoms with van der Waals surface area (Å²) in [6, 6.07) is 0. The van der Waals surface area contributed by atoms with Gasteiger partial charge in [-0.1, -0.05) is 0 Å². The van der Waals surface area contributed by atoms with E-state index >= 15 is 0 Å². The van der Waals surface area contributed by atoms with E-state index in [2.05, 4.69) is 10.6 Å². The van der Waals surface area contributed by atoms with E-state index in [4.69, 9.17) is 11.5 Å². The number of fused-ring (bicyclic) bond motifs is 2. The number of carbonyl (C=O) groups excluding carboxylic acids is 4. The first kappa shape index (κ1) is 24.4. The Hall–Kier alpha value is -2.72. The molecule has 2 aromatic rings. The van der Waals surface area contributed by atoms with Crippen molar-refractivity contribution in [2.24, 2.45) is 11.5 Å². The van der Waals surface area contributed by atoms with Gasteiger partial charge in [0.15, 0.2) is 0 Å². The first-order valence-electron chi connectivity index (χ1n) is 11.8. The number of hydrogen-bond acceptors (Lipinski definition) is 6. The van der Waals surface area contributed by atoms with Crippen LogP contribution >= 0.6 is 22.7 Å². The van der Waals surface area contributed by atoms with Crippen molar-refractivity contribution in [3.8, 4) is 0 Å². The van der Waals surface area contributed by atoms with Crippen LogP contribution in [-0.2, 0) is 35.3 Å². The van der Waals surface area contributed by atoms with Gasteiger partial charge in [0.2, 0.25) is 11.8 Å². The van der Waals surface area contributed by atoms with E-state index in [-0.39, 0.29) is 24.7 Å². The Labute approximate surface area is 206 Å². The first-order chi connectivity index (χ1) is 16.3. The molecule has 10 heteroatoms. The topological polar surface area (TPSA) is 144 Å². The van der Waals surface area contributed by atoms with Gasteiger partial charge < -0.3 is 22.1 Å². The summed E-state index contributed by atoms with van der Waals surface area (Å²) < 4.78 is 0. The molecule has 0 saturated carbocycles. The number of thiophene rings is 2. The highest BCUT2D eigenvalue weighted by Crippen LogP contribution is 2.39. The van der Waals surface area contributed by atoms with E-state index in [0.717, 1.165) is 72.2 Å². The highest BCUT2D eigenvalue weighted by atomic mass is 32.1. The highest BCUT2D eigenvalue weighted by Gasteiger charge is 2.26. The quantitative estimate of drug-likeness (QED) is 0.385. The summed E-state index contributed by atoms with van der Waals surface area (Å²) in [7, 11) is 0. The summed E-state index contributed by atoms with van der Waals surface area (Å²) in [5, 5.41) is 6.79. The molecule has 0 saturated heterocycles. The number of amides is 4. The smallest absolute Gasteiger partial charge is 0.251 e. The summed E-state index contributed by atoms with van der Waals surface area (Å²) in [5.41, 5.74) is 14.0. The minimum Gasteiger partial charge on any atom is -0.365 e. The minimum absolute atomic E-state index is 0.191. The largest absolute Gasteiger partial charge is 0.365 e. The lowest BCUT2D eigenvalue weighted by Gasteiger charge is -2.11. The molecular formula is C24H30N4O4S2. The molecule has 0 aromatic carbocycles. The van der Waals surface area contributed by atoms with Crippen molar-refractivity contribution in [1.82, 2.24) is 0 Å². The molecule has 0 atom stereocenters. The van der Waals surface area contributed by atoms with Crippen molar-refractivity contribution in [1.29, 1.82) is 0 Å². The minimum atomic E-state index is -0.503. The molecule has 0 radical (unpaired) electrons. The van der Waals surface area contributed by atoms with E-state index in [1.165, 1.54) is 22.7 Å². The number of carbonyl (C=O) groups is 4. The number of unbranched alkanes of at least 4 members (excludes halogenated alkanes) is 1. The Bertz CT molecular complexity index is 1050. The predicted molar refractivity (Wildman–Crippen MR) is 135 cm³/mol. The van der Waals surface area contributed by atoms with Gasteiger partial charge in [-0.2, -0.15) is 0 Å². The lowest BCUT2D eigenvalue weighted by molar-refractivity contribution is -0.118. The van der Waals surface area contributed by atoms with E-state index in [1.807, 2.05) is 0 Å². The van der Waals surface area contributed by atoms with Crippen molar-refractivity contribution in [3.05, 3.63) is 32.0 Å². The molecule has 6 N–H and O–H groups in total. The van der Waals surface area contributed by atoms with E-state index < -0.39 is 11.8 Å². The average Bonchev–Trinajstić information content (AvgIpc) is 3.34. The van der Waals surface area contributed by atoms with Crippen LogP contribution in [0.2, 0.25) is 0 Å². The second-order valence-corrected chi connectivity index (χ2v) is 11.1. The first-order valence-corrected chi connectivity index (χ1v) is 13.5. The summed E-state index contributed by atoms with van der Waals surface area (Å²) in [5.74, 6) is -1.39. The van der Waals surface area contributed by atoms with Gasteiger partial charge in [0.25, 0.3) is 11.8 Å². The molecule has 2 heterocycles. The Morgan fingerprint density at radius 2 is 1.03 bits per heavy atom. The monoisotopic (exact) mass is 502 g/mol. The zero-order valence-electron chi connectivity index (χ0n) is 19.1. The summed E-state index contributed by atoms with van der Waals surface area (Å²) in [6.45, 7) is 0. The normalized spacial score (nSPS) is 14.7. The molecule has 2 aliphatic carbocycles. The summed E-state index contributed by atoms with van der Waals surface area (Å²) in [4.78, 5) is 51.1. The summed E-state index contributed by atoms with van der Waals surface area (Å²) in [6.07, 6.45) is 9.21. The number of rotatable bonds is 9. The van der Waals surface area contributed by atoms with Crippen LogP contribution in [0.15, 0.2) is 0 Å². The van der Waals surface area contributed by atoms with Crippen LogP contribution in [0.5, 0.6) is 0 Å². The van der Waals surface area contributed by atoms with E-state index in [0.29, 0.717) is 34.0 Å². The molecule has 8 nitrogen and oxygen atoms in total. The molecule has 4 rings (SSSR count). The van der Waals surface area contributed by atoms with Crippen molar-refractivity contribution < 1.29 is 19.2 Å². The van der Waals surface area contributed by atoms with Crippen LogP contribution in [0.1, 0.15) is 93.0 Å². The number of nitrogens with two attached hydrogens (primary N) is 2. The number of hydrogen-bond donors (Lipinski definition) is 4. The molecule has 34 heavy (non-hydrogen) atoms. The molecule has 0 unspecified atom stereocenters. The zero-order chi connectivity index (χ0) is 24.2. The fourth-order valence-corrected chi connectivity index (χ4v) is 7.40. The second kappa shape index (κ2) is 10.7. The fraction of sp³-hybridized carbons (Fsp3) is 0.500.